The quantitative estimate of drug-likeness (QED) is 0.852. The van der Waals surface area contributed by atoms with Crippen LogP contribution in [-0.4, -0.2) is 52.1 Å². The van der Waals surface area contributed by atoms with Gasteiger partial charge in [0.25, 0.3) is 0 Å². The molecule has 2 aliphatic rings. The van der Waals surface area contributed by atoms with Crippen molar-refractivity contribution in [2.45, 2.75) is 71.4 Å². The van der Waals surface area contributed by atoms with E-state index in [-0.39, 0.29) is 17.5 Å². The Bertz CT molecular complexity index is 408. The first kappa shape index (κ1) is 16.1. The maximum absolute atomic E-state index is 12.9. The molecule has 2 unspecified atom stereocenters. The summed E-state index contributed by atoms with van der Waals surface area (Å²) >= 11 is 0. The molecule has 0 radical (unpaired) electrons. The van der Waals surface area contributed by atoms with Crippen LogP contribution >= 0.6 is 0 Å². The predicted molar refractivity (Wildman–Crippen MR) is 81.2 cm³/mol. The van der Waals surface area contributed by atoms with Crippen LogP contribution in [0.1, 0.15) is 59.3 Å². The minimum absolute atomic E-state index is 0.0678. The highest BCUT2D eigenvalue weighted by Crippen LogP contribution is 2.36. The molecule has 0 aromatic rings. The summed E-state index contributed by atoms with van der Waals surface area (Å²) in [4.78, 5) is 28.1. The van der Waals surface area contributed by atoms with Crippen LogP contribution in [-0.2, 0) is 4.79 Å². The summed E-state index contributed by atoms with van der Waals surface area (Å²) in [5, 5.41) is 9.60. The monoisotopic (exact) mass is 296 g/mol. The van der Waals surface area contributed by atoms with Crippen LogP contribution in [0.3, 0.4) is 0 Å². The molecule has 0 aliphatic carbocycles. The van der Waals surface area contributed by atoms with Crippen molar-refractivity contribution in [1.82, 2.24) is 9.80 Å². The molecular weight excluding hydrogens is 268 g/mol. The second-order valence-corrected chi connectivity index (χ2v) is 7.06. The minimum Gasteiger partial charge on any atom is -0.480 e. The molecular formula is C16H28N2O3. The standard InChI is InChI=1S/C16H28N2O3/c1-4-12-8-5-6-10-17(12)15(21)18-11-7-9-16(2,3)13(18)14(19)20/h12-13H,4-11H2,1-3H3,(H,19,20). The van der Waals surface area contributed by atoms with Crippen LogP contribution in [0.4, 0.5) is 4.79 Å². The first-order chi connectivity index (χ1) is 9.88. The van der Waals surface area contributed by atoms with Gasteiger partial charge in [-0.05, 0) is 43.9 Å². The number of carboxylic acid groups (broad SMARTS) is 1. The number of hydrogen-bond donors (Lipinski definition) is 1. The fraction of sp³-hybridized carbons (Fsp3) is 0.875. The van der Waals surface area contributed by atoms with Crippen molar-refractivity contribution in [3.8, 4) is 0 Å². The lowest BCUT2D eigenvalue weighted by Gasteiger charge is -2.47. The topological polar surface area (TPSA) is 60.9 Å². The molecule has 2 fully saturated rings. The van der Waals surface area contributed by atoms with Gasteiger partial charge in [0.15, 0.2) is 0 Å². The van der Waals surface area contributed by atoms with E-state index < -0.39 is 12.0 Å². The third-order valence-corrected chi connectivity index (χ3v) is 5.10. The third kappa shape index (κ3) is 3.16. The van der Waals surface area contributed by atoms with E-state index in [2.05, 4.69) is 6.92 Å². The molecule has 5 heteroatoms. The van der Waals surface area contributed by atoms with Crippen LogP contribution in [0.2, 0.25) is 0 Å². The molecule has 0 saturated carbocycles. The minimum atomic E-state index is -0.877. The van der Waals surface area contributed by atoms with Gasteiger partial charge in [0.05, 0.1) is 0 Å². The van der Waals surface area contributed by atoms with Gasteiger partial charge in [0.2, 0.25) is 0 Å². The highest BCUT2D eigenvalue weighted by molar-refractivity contribution is 5.84. The molecule has 0 bridgehead atoms. The van der Waals surface area contributed by atoms with E-state index >= 15 is 0 Å². The van der Waals surface area contributed by atoms with E-state index in [1.165, 1.54) is 0 Å². The first-order valence-electron chi connectivity index (χ1n) is 8.18. The highest BCUT2D eigenvalue weighted by Gasteiger charge is 2.46. The van der Waals surface area contributed by atoms with Crippen LogP contribution < -0.4 is 0 Å². The van der Waals surface area contributed by atoms with Gasteiger partial charge in [-0.15, -0.1) is 0 Å². The van der Waals surface area contributed by atoms with Crippen molar-refractivity contribution in [2.24, 2.45) is 5.41 Å². The number of amides is 2. The number of carboxylic acids is 1. The van der Waals surface area contributed by atoms with Crippen LogP contribution in [0.5, 0.6) is 0 Å². The zero-order valence-corrected chi connectivity index (χ0v) is 13.5. The zero-order chi connectivity index (χ0) is 15.6. The van der Waals surface area contributed by atoms with Crippen LogP contribution in [0.15, 0.2) is 0 Å². The summed E-state index contributed by atoms with van der Waals surface area (Å²) in [5.41, 5.74) is -0.364. The molecule has 2 rings (SSSR count). The maximum Gasteiger partial charge on any atom is 0.327 e. The average molecular weight is 296 g/mol. The van der Waals surface area contributed by atoms with Gasteiger partial charge in [-0.25, -0.2) is 9.59 Å². The molecule has 0 aromatic carbocycles. The molecule has 2 atom stereocenters. The largest absolute Gasteiger partial charge is 0.480 e. The van der Waals surface area contributed by atoms with Crippen molar-refractivity contribution in [3.63, 3.8) is 0 Å². The number of nitrogens with zero attached hydrogens (tertiary/aromatic N) is 2. The van der Waals surface area contributed by atoms with E-state index in [4.69, 9.17) is 0 Å². The SMILES string of the molecule is CCC1CCCCN1C(=O)N1CCCC(C)(C)C1C(=O)O. The van der Waals surface area contributed by atoms with Crippen LogP contribution in [0.25, 0.3) is 0 Å². The Morgan fingerprint density at radius 2 is 1.81 bits per heavy atom. The van der Waals surface area contributed by atoms with E-state index in [0.29, 0.717) is 6.54 Å². The van der Waals surface area contributed by atoms with Crippen molar-refractivity contribution < 1.29 is 14.7 Å². The Kier molecular flexibility index (Phi) is 4.79. The molecule has 21 heavy (non-hydrogen) atoms. The van der Waals surface area contributed by atoms with Crippen molar-refractivity contribution in [3.05, 3.63) is 0 Å². The smallest absolute Gasteiger partial charge is 0.327 e. The van der Waals surface area contributed by atoms with Crippen LogP contribution in [0, 0.1) is 5.41 Å². The number of carbonyl (C=O) groups is 2. The predicted octanol–water partition coefficient (Wildman–Crippen LogP) is 2.95. The van der Waals surface area contributed by atoms with Gasteiger partial charge in [-0.2, -0.15) is 0 Å². The Morgan fingerprint density at radius 1 is 1.14 bits per heavy atom. The van der Waals surface area contributed by atoms with Crippen molar-refractivity contribution in [2.75, 3.05) is 13.1 Å². The molecule has 2 heterocycles. The Balaban J connectivity index is 2.21. The van der Waals surface area contributed by atoms with E-state index in [1.807, 2.05) is 18.7 Å². The van der Waals surface area contributed by atoms with Gasteiger partial charge in [-0.1, -0.05) is 20.8 Å². The fourth-order valence-electron chi connectivity index (χ4n) is 3.91. The summed E-state index contributed by atoms with van der Waals surface area (Å²) in [5.74, 6) is -0.877. The maximum atomic E-state index is 12.9. The molecule has 5 nitrogen and oxygen atoms in total. The summed E-state index contributed by atoms with van der Waals surface area (Å²) in [7, 11) is 0. The number of piperidine rings is 2. The summed E-state index contributed by atoms with van der Waals surface area (Å²) < 4.78 is 0. The van der Waals surface area contributed by atoms with Gasteiger partial charge in [0, 0.05) is 19.1 Å². The average Bonchev–Trinajstić information content (AvgIpc) is 2.44. The number of aliphatic carboxylic acids is 1. The number of likely N-dealkylation sites (tertiary alicyclic amines) is 2. The summed E-state index contributed by atoms with van der Waals surface area (Å²) in [6.07, 6.45) is 5.91. The fourth-order valence-corrected chi connectivity index (χ4v) is 3.91. The number of urea groups is 1. The summed E-state index contributed by atoms with van der Waals surface area (Å²) in [6.45, 7) is 7.34. The normalized spacial score (nSPS) is 29.3. The Morgan fingerprint density at radius 3 is 2.43 bits per heavy atom. The molecule has 2 amide bonds. The second-order valence-electron chi connectivity index (χ2n) is 7.06. The van der Waals surface area contributed by atoms with Crippen molar-refractivity contribution >= 4 is 12.0 Å². The second kappa shape index (κ2) is 6.24. The van der Waals surface area contributed by atoms with E-state index in [0.717, 1.165) is 45.1 Å². The third-order valence-electron chi connectivity index (χ3n) is 5.10. The summed E-state index contributed by atoms with van der Waals surface area (Å²) in [6, 6.07) is -0.509. The molecule has 0 spiro atoms. The molecule has 2 saturated heterocycles. The lowest BCUT2D eigenvalue weighted by Crippen LogP contribution is -2.61. The molecule has 1 N–H and O–H groups in total. The first-order valence-corrected chi connectivity index (χ1v) is 8.18. The lowest BCUT2D eigenvalue weighted by atomic mass is 9.76. The Labute approximate surface area is 127 Å². The molecule has 0 aromatic heterocycles. The van der Waals surface area contributed by atoms with Gasteiger partial charge < -0.3 is 14.9 Å². The number of carbonyl (C=O) groups excluding carboxylic acids is 1. The van der Waals surface area contributed by atoms with Gasteiger partial charge in [0.1, 0.15) is 6.04 Å². The zero-order valence-electron chi connectivity index (χ0n) is 13.5. The van der Waals surface area contributed by atoms with Gasteiger partial charge in [-0.3, -0.25) is 0 Å². The number of hydrogen-bond acceptors (Lipinski definition) is 2. The number of rotatable bonds is 2. The highest BCUT2D eigenvalue weighted by atomic mass is 16.4. The van der Waals surface area contributed by atoms with Crippen molar-refractivity contribution in [1.29, 1.82) is 0 Å². The van der Waals surface area contributed by atoms with E-state index in [9.17, 15) is 14.7 Å². The Hall–Kier alpha value is -1.26. The van der Waals surface area contributed by atoms with Gasteiger partial charge >= 0.3 is 12.0 Å². The van der Waals surface area contributed by atoms with E-state index in [1.54, 1.807) is 4.90 Å². The molecule has 120 valence electrons. The lowest BCUT2D eigenvalue weighted by molar-refractivity contribution is -0.149. The molecule has 2 aliphatic heterocycles.